The average molecular weight is 367 g/mol. The molecule has 4 fully saturated rings. The van der Waals surface area contributed by atoms with Crippen molar-refractivity contribution in [3.8, 4) is 0 Å². The fourth-order valence-electron chi connectivity index (χ4n) is 5.57. The van der Waals surface area contributed by atoms with Gasteiger partial charge in [0.15, 0.2) is 0 Å². The zero-order valence-electron chi connectivity index (χ0n) is 16.0. The van der Waals surface area contributed by atoms with Crippen LogP contribution >= 0.6 is 11.8 Å². The summed E-state index contributed by atoms with van der Waals surface area (Å²) < 4.78 is 5.99. The first kappa shape index (κ1) is 18.6. The largest absolute Gasteiger partial charge is 0.377 e. The summed E-state index contributed by atoms with van der Waals surface area (Å²) in [7, 11) is 0. The van der Waals surface area contributed by atoms with Gasteiger partial charge in [0, 0.05) is 31.8 Å². The quantitative estimate of drug-likeness (QED) is 0.705. The molecular weight excluding hydrogens is 328 g/mol. The first-order chi connectivity index (χ1) is 12.4. The Labute approximate surface area is 159 Å². The van der Waals surface area contributed by atoms with Crippen LogP contribution in [0.2, 0.25) is 0 Å². The molecule has 0 bridgehead atoms. The Morgan fingerprint density at radius 2 is 1.60 bits per heavy atom. The predicted molar refractivity (Wildman–Crippen MR) is 107 cm³/mol. The van der Waals surface area contributed by atoms with E-state index in [9.17, 15) is 0 Å². The molecule has 1 atom stereocenters. The number of hydrogen-bond acceptors (Lipinski definition) is 4. The fraction of sp³-hybridized carbons (Fsp3) is 1.00. The minimum Gasteiger partial charge on any atom is -0.377 e. The molecule has 0 amide bonds. The second-order valence-electron chi connectivity index (χ2n) is 8.85. The summed E-state index contributed by atoms with van der Waals surface area (Å²) in [6.45, 7) is 6.28. The summed E-state index contributed by atoms with van der Waals surface area (Å²) >= 11 is 2.15. The van der Waals surface area contributed by atoms with E-state index in [4.69, 9.17) is 4.74 Å². The Kier molecular flexibility index (Phi) is 7.01. The van der Waals surface area contributed by atoms with Gasteiger partial charge in [-0.15, -0.1) is 0 Å². The molecule has 0 aromatic rings. The number of rotatable bonds is 6. The third-order valence-corrected chi connectivity index (χ3v) is 8.20. The van der Waals surface area contributed by atoms with Crippen LogP contribution in [-0.4, -0.2) is 72.3 Å². The van der Waals surface area contributed by atoms with E-state index in [-0.39, 0.29) is 0 Å². The maximum Gasteiger partial charge on any atom is 0.0702 e. The lowest BCUT2D eigenvalue weighted by Crippen LogP contribution is -2.47. The number of ether oxygens (including phenoxy) is 1. The van der Waals surface area contributed by atoms with Crippen molar-refractivity contribution >= 4 is 11.8 Å². The smallest absolute Gasteiger partial charge is 0.0702 e. The molecule has 25 heavy (non-hydrogen) atoms. The van der Waals surface area contributed by atoms with Gasteiger partial charge in [-0.1, -0.05) is 12.8 Å². The van der Waals surface area contributed by atoms with Crippen LogP contribution in [0.1, 0.15) is 64.2 Å². The van der Waals surface area contributed by atoms with E-state index in [1.165, 1.54) is 102 Å². The van der Waals surface area contributed by atoms with Crippen LogP contribution in [0.4, 0.5) is 0 Å². The van der Waals surface area contributed by atoms with Gasteiger partial charge in [0.05, 0.1) is 6.10 Å². The molecule has 4 heteroatoms. The average Bonchev–Trinajstić information content (AvgIpc) is 3.37. The van der Waals surface area contributed by atoms with Crippen molar-refractivity contribution in [2.24, 2.45) is 5.92 Å². The highest BCUT2D eigenvalue weighted by atomic mass is 32.2. The Bertz CT molecular complexity index is 381. The number of thioether (sulfide) groups is 1. The summed E-state index contributed by atoms with van der Waals surface area (Å²) in [6, 6.07) is 1.76. The van der Waals surface area contributed by atoms with Gasteiger partial charge < -0.3 is 9.64 Å². The van der Waals surface area contributed by atoms with Crippen LogP contribution in [0.3, 0.4) is 0 Å². The van der Waals surface area contributed by atoms with Crippen molar-refractivity contribution in [3.63, 3.8) is 0 Å². The van der Waals surface area contributed by atoms with Gasteiger partial charge in [0.25, 0.3) is 0 Å². The van der Waals surface area contributed by atoms with Gasteiger partial charge in [0.2, 0.25) is 0 Å². The van der Waals surface area contributed by atoms with E-state index in [1.54, 1.807) is 0 Å². The zero-order valence-corrected chi connectivity index (χ0v) is 16.9. The zero-order chi connectivity index (χ0) is 16.9. The highest BCUT2D eigenvalue weighted by molar-refractivity contribution is 7.99. The van der Waals surface area contributed by atoms with Gasteiger partial charge >= 0.3 is 0 Å². The van der Waals surface area contributed by atoms with Crippen molar-refractivity contribution in [3.05, 3.63) is 0 Å². The first-order valence-corrected chi connectivity index (χ1v) is 12.2. The summed E-state index contributed by atoms with van der Waals surface area (Å²) in [5, 5.41) is 0. The highest BCUT2D eigenvalue weighted by Gasteiger charge is 2.31. The molecule has 0 spiro atoms. The van der Waals surface area contributed by atoms with E-state index in [1.807, 2.05) is 0 Å². The number of piperidine rings is 1. The van der Waals surface area contributed by atoms with Crippen molar-refractivity contribution in [1.82, 2.24) is 9.80 Å². The summed E-state index contributed by atoms with van der Waals surface area (Å²) in [6.07, 6.45) is 14.6. The molecule has 4 rings (SSSR count). The van der Waals surface area contributed by atoms with Crippen LogP contribution in [0.25, 0.3) is 0 Å². The molecule has 3 nitrogen and oxygen atoms in total. The lowest BCUT2D eigenvalue weighted by molar-refractivity contribution is 0.0368. The predicted octanol–water partition coefficient (Wildman–Crippen LogP) is 4.02. The monoisotopic (exact) mass is 366 g/mol. The van der Waals surface area contributed by atoms with E-state index >= 15 is 0 Å². The van der Waals surface area contributed by atoms with E-state index in [0.717, 1.165) is 24.6 Å². The van der Waals surface area contributed by atoms with Crippen LogP contribution in [-0.2, 0) is 4.74 Å². The maximum atomic E-state index is 5.99. The lowest BCUT2D eigenvalue weighted by Gasteiger charge is -2.41. The van der Waals surface area contributed by atoms with Gasteiger partial charge in [-0.2, -0.15) is 11.8 Å². The SMILES string of the molecule is C1CCC(N2CCC(CN(C[C@@H]3CCCO3)C3CCSCC3)CC2)C1. The van der Waals surface area contributed by atoms with Crippen molar-refractivity contribution in [2.75, 3.05) is 44.3 Å². The molecule has 3 aliphatic heterocycles. The van der Waals surface area contributed by atoms with E-state index in [0.29, 0.717) is 6.10 Å². The second kappa shape index (κ2) is 9.43. The third kappa shape index (κ3) is 5.15. The standard InChI is InChI=1S/C21H38N2OS/c1-2-5-19(4-1)22-11-7-18(8-12-22)16-23(17-21-6-3-13-24-21)20-9-14-25-15-10-20/h18-21H,1-17H2/t21-/m0/s1. The Morgan fingerprint density at radius 1 is 0.840 bits per heavy atom. The summed E-state index contributed by atoms with van der Waals surface area (Å²) in [5.41, 5.74) is 0. The number of hydrogen-bond donors (Lipinski definition) is 0. The fourth-order valence-corrected chi connectivity index (χ4v) is 6.66. The molecule has 1 saturated carbocycles. The Morgan fingerprint density at radius 3 is 2.28 bits per heavy atom. The van der Waals surface area contributed by atoms with Gasteiger partial charge in [0.1, 0.15) is 0 Å². The second-order valence-corrected chi connectivity index (χ2v) is 10.1. The molecule has 3 saturated heterocycles. The minimum atomic E-state index is 0.521. The van der Waals surface area contributed by atoms with Gasteiger partial charge in [-0.3, -0.25) is 4.90 Å². The molecule has 0 N–H and O–H groups in total. The molecule has 0 unspecified atom stereocenters. The van der Waals surface area contributed by atoms with Crippen LogP contribution in [0, 0.1) is 5.92 Å². The van der Waals surface area contributed by atoms with Crippen molar-refractivity contribution in [1.29, 1.82) is 0 Å². The number of nitrogens with zero attached hydrogens (tertiary/aromatic N) is 2. The molecule has 1 aliphatic carbocycles. The van der Waals surface area contributed by atoms with Crippen LogP contribution in [0.15, 0.2) is 0 Å². The lowest BCUT2D eigenvalue weighted by atomic mass is 9.93. The maximum absolute atomic E-state index is 5.99. The molecule has 4 aliphatic rings. The molecule has 144 valence electrons. The normalized spacial score (nSPS) is 31.3. The number of likely N-dealkylation sites (tertiary alicyclic amines) is 1. The highest BCUT2D eigenvalue weighted by Crippen LogP contribution is 2.30. The van der Waals surface area contributed by atoms with Gasteiger partial charge in [-0.05, 0) is 81.9 Å². The molecular formula is C21H38N2OS. The first-order valence-electron chi connectivity index (χ1n) is 11.1. The van der Waals surface area contributed by atoms with Crippen molar-refractivity contribution in [2.45, 2.75) is 82.4 Å². The van der Waals surface area contributed by atoms with Crippen molar-refractivity contribution < 1.29 is 4.74 Å². The van der Waals surface area contributed by atoms with E-state index < -0.39 is 0 Å². The van der Waals surface area contributed by atoms with Crippen LogP contribution < -0.4 is 0 Å². The summed E-state index contributed by atoms with van der Waals surface area (Å²) in [4.78, 5) is 5.69. The third-order valence-electron chi connectivity index (χ3n) is 7.15. The summed E-state index contributed by atoms with van der Waals surface area (Å²) in [5.74, 6) is 3.66. The Hall–Kier alpha value is 0.230. The topological polar surface area (TPSA) is 15.7 Å². The molecule has 3 heterocycles. The Balaban J connectivity index is 1.28. The molecule has 0 aromatic carbocycles. The van der Waals surface area contributed by atoms with Gasteiger partial charge in [-0.25, -0.2) is 0 Å². The minimum absolute atomic E-state index is 0.521. The molecule has 0 radical (unpaired) electrons. The van der Waals surface area contributed by atoms with Crippen LogP contribution in [0.5, 0.6) is 0 Å². The van der Waals surface area contributed by atoms with E-state index in [2.05, 4.69) is 21.6 Å². The molecule has 0 aromatic heterocycles.